The maximum atomic E-state index is 12.7. The summed E-state index contributed by atoms with van der Waals surface area (Å²) in [4.78, 5) is 16.7. The minimum Gasteiger partial charge on any atom is -0.346 e. The highest BCUT2D eigenvalue weighted by Crippen LogP contribution is 2.30. The molecule has 2 heterocycles. The molecule has 0 bridgehead atoms. The number of nitrogens with one attached hydrogen (secondary N) is 1. The highest BCUT2D eigenvalue weighted by molar-refractivity contribution is 7.92. The highest BCUT2D eigenvalue weighted by atomic mass is 32.2. The Morgan fingerprint density at radius 1 is 1.17 bits per heavy atom. The van der Waals surface area contributed by atoms with E-state index in [1.807, 2.05) is 42.0 Å². The van der Waals surface area contributed by atoms with Crippen LogP contribution in [0.4, 0.5) is 5.69 Å². The van der Waals surface area contributed by atoms with E-state index < -0.39 is 10.0 Å². The van der Waals surface area contributed by atoms with E-state index >= 15 is 0 Å². The van der Waals surface area contributed by atoms with E-state index in [2.05, 4.69) is 10.3 Å². The van der Waals surface area contributed by atoms with Gasteiger partial charge in [0.05, 0.1) is 24.3 Å². The summed E-state index contributed by atoms with van der Waals surface area (Å²) in [6, 6.07) is 12.9. The van der Waals surface area contributed by atoms with Gasteiger partial charge in [-0.25, -0.2) is 13.4 Å². The second-order valence-corrected chi connectivity index (χ2v) is 9.09. The number of aromatic nitrogens is 2. The zero-order valence-corrected chi connectivity index (χ0v) is 17.1. The summed E-state index contributed by atoms with van der Waals surface area (Å²) in [5.41, 5.74) is 4.05. The summed E-state index contributed by atoms with van der Waals surface area (Å²) < 4.78 is 27.0. The van der Waals surface area contributed by atoms with Crippen LogP contribution in [0.5, 0.6) is 0 Å². The molecule has 0 fully saturated rings. The van der Waals surface area contributed by atoms with Crippen molar-refractivity contribution in [2.24, 2.45) is 0 Å². The second kappa shape index (κ2) is 7.36. The lowest BCUT2D eigenvalue weighted by Gasteiger charge is -2.17. The molecule has 1 aliphatic rings. The number of hydrogen-bond acceptors (Lipinski definition) is 4. The lowest BCUT2D eigenvalue weighted by Crippen LogP contribution is -2.28. The monoisotopic (exact) mass is 410 g/mol. The van der Waals surface area contributed by atoms with Crippen LogP contribution in [0.15, 0.2) is 61.2 Å². The van der Waals surface area contributed by atoms with Gasteiger partial charge in [0.25, 0.3) is 5.91 Å². The fourth-order valence-electron chi connectivity index (χ4n) is 3.57. The van der Waals surface area contributed by atoms with Crippen molar-refractivity contribution in [2.75, 3.05) is 17.1 Å². The van der Waals surface area contributed by atoms with Crippen molar-refractivity contribution in [1.82, 2.24) is 14.9 Å². The Morgan fingerprint density at radius 2 is 1.93 bits per heavy atom. The lowest BCUT2D eigenvalue weighted by atomic mass is 10.1. The molecule has 0 saturated carbocycles. The number of hydrogen-bond donors (Lipinski definition) is 1. The zero-order valence-electron chi connectivity index (χ0n) is 16.2. The second-order valence-electron chi connectivity index (χ2n) is 7.19. The number of imidazole rings is 1. The van der Waals surface area contributed by atoms with Gasteiger partial charge < -0.3 is 9.88 Å². The van der Waals surface area contributed by atoms with Crippen molar-refractivity contribution in [2.45, 2.75) is 19.4 Å². The number of amides is 1. The van der Waals surface area contributed by atoms with Gasteiger partial charge in [0.1, 0.15) is 0 Å². The van der Waals surface area contributed by atoms with Crippen LogP contribution in [0.3, 0.4) is 0 Å². The first kappa shape index (κ1) is 19.2. The maximum Gasteiger partial charge on any atom is 0.251 e. The van der Waals surface area contributed by atoms with Gasteiger partial charge in [0.15, 0.2) is 0 Å². The molecular formula is C21H22N4O3S. The Morgan fingerprint density at radius 3 is 2.59 bits per heavy atom. The van der Waals surface area contributed by atoms with Gasteiger partial charge in [-0.2, -0.15) is 0 Å². The van der Waals surface area contributed by atoms with Crippen molar-refractivity contribution in [1.29, 1.82) is 0 Å². The Labute approximate surface area is 170 Å². The quantitative estimate of drug-likeness (QED) is 0.701. The number of benzene rings is 2. The SMILES string of the molecule is C[C@H](NC(=O)c1ccc2c(c1)CCN2S(C)(=O)=O)c1ccc(-n2ccnc2)cc1. The van der Waals surface area contributed by atoms with Gasteiger partial charge in [-0.15, -0.1) is 0 Å². The summed E-state index contributed by atoms with van der Waals surface area (Å²) in [6.07, 6.45) is 7.14. The molecule has 8 heteroatoms. The average molecular weight is 410 g/mol. The Kier molecular flexibility index (Phi) is 4.87. The number of fused-ring (bicyclic) bond motifs is 1. The fraction of sp³-hybridized carbons (Fsp3) is 0.238. The van der Waals surface area contributed by atoms with Crippen molar-refractivity contribution in [3.63, 3.8) is 0 Å². The highest BCUT2D eigenvalue weighted by Gasteiger charge is 2.27. The van der Waals surface area contributed by atoms with Crippen molar-refractivity contribution < 1.29 is 13.2 Å². The first-order chi connectivity index (χ1) is 13.8. The van der Waals surface area contributed by atoms with E-state index in [0.717, 1.165) is 16.8 Å². The van der Waals surface area contributed by atoms with Gasteiger partial charge in [-0.1, -0.05) is 12.1 Å². The van der Waals surface area contributed by atoms with E-state index in [9.17, 15) is 13.2 Å². The molecule has 0 spiro atoms. The number of carbonyl (C=O) groups is 1. The molecule has 0 unspecified atom stereocenters. The van der Waals surface area contributed by atoms with Crippen LogP contribution in [-0.2, 0) is 16.4 Å². The maximum absolute atomic E-state index is 12.7. The minimum atomic E-state index is -3.30. The first-order valence-electron chi connectivity index (χ1n) is 9.33. The van der Waals surface area contributed by atoms with E-state index in [-0.39, 0.29) is 11.9 Å². The number of anilines is 1. The molecule has 0 saturated heterocycles. The molecule has 2 aromatic carbocycles. The van der Waals surface area contributed by atoms with Gasteiger partial charge in [0.2, 0.25) is 10.0 Å². The number of sulfonamides is 1. The summed E-state index contributed by atoms with van der Waals surface area (Å²) in [5, 5.41) is 3.01. The topological polar surface area (TPSA) is 84.3 Å². The molecule has 1 aliphatic heterocycles. The lowest BCUT2D eigenvalue weighted by molar-refractivity contribution is 0.0940. The smallest absolute Gasteiger partial charge is 0.251 e. The normalized spacial score (nSPS) is 14.5. The first-order valence-corrected chi connectivity index (χ1v) is 11.2. The molecule has 150 valence electrons. The van der Waals surface area contributed by atoms with Crippen molar-refractivity contribution in [3.05, 3.63) is 77.9 Å². The summed E-state index contributed by atoms with van der Waals surface area (Å²) >= 11 is 0. The van der Waals surface area contributed by atoms with Crippen molar-refractivity contribution >= 4 is 21.6 Å². The van der Waals surface area contributed by atoms with Gasteiger partial charge in [-0.3, -0.25) is 9.10 Å². The van der Waals surface area contributed by atoms with E-state index in [1.165, 1.54) is 10.6 Å². The molecule has 0 radical (unpaired) electrons. The molecule has 7 nitrogen and oxygen atoms in total. The summed E-state index contributed by atoms with van der Waals surface area (Å²) in [5.74, 6) is -0.184. The standard InChI is InChI=1S/C21H22N4O3S/c1-15(16-3-6-19(7-4-16)24-12-10-22-14-24)23-21(26)18-5-8-20-17(13-18)9-11-25(20)29(2,27)28/h3-8,10,12-15H,9,11H2,1-2H3,(H,23,26)/t15-/m0/s1. The molecule has 4 rings (SSSR count). The molecule has 1 amide bonds. The molecule has 3 aromatic rings. The van der Waals surface area contributed by atoms with Crippen LogP contribution in [0, 0.1) is 0 Å². The Bertz CT molecular complexity index is 1140. The fourth-order valence-corrected chi connectivity index (χ4v) is 4.53. The third-order valence-electron chi connectivity index (χ3n) is 5.14. The van der Waals surface area contributed by atoms with E-state index in [4.69, 9.17) is 0 Å². The predicted molar refractivity (Wildman–Crippen MR) is 112 cm³/mol. The van der Waals surface area contributed by atoms with Crippen LogP contribution in [-0.4, -0.2) is 36.7 Å². The van der Waals surface area contributed by atoms with E-state index in [1.54, 1.807) is 30.7 Å². The van der Waals surface area contributed by atoms with Gasteiger partial charge >= 0.3 is 0 Å². The molecule has 0 aliphatic carbocycles. The van der Waals surface area contributed by atoms with Crippen molar-refractivity contribution in [3.8, 4) is 5.69 Å². The molecule has 1 aromatic heterocycles. The zero-order chi connectivity index (χ0) is 20.6. The summed E-state index contributed by atoms with van der Waals surface area (Å²) in [6.45, 7) is 2.35. The van der Waals surface area contributed by atoms with Crippen LogP contribution in [0.25, 0.3) is 5.69 Å². The number of nitrogens with zero attached hydrogens (tertiary/aromatic N) is 3. The van der Waals surface area contributed by atoms with Gasteiger partial charge in [-0.05, 0) is 54.8 Å². The van der Waals surface area contributed by atoms with E-state index in [0.29, 0.717) is 24.2 Å². The van der Waals surface area contributed by atoms with Crippen LogP contribution in [0.2, 0.25) is 0 Å². The molecule has 29 heavy (non-hydrogen) atoms. The molecule has 1 N–H and O–H groups in total. The molecular weight excluding hydrogens is 388 g/mol. The molecule has 1 atom stereocenters. The summed E-state index contributed by atoms with van der Waals surface area (Å²) in [7, 11) is -3.30. The average Bonchev–Trinajstić information content (AvgIpc) is 3.37. The minimum absolute atomic E-state index is 0.167. The Hall–Kier alpha value is -3.13. The van der Waals surface area contributed by atoms with Crippen LogP contribution < -0.4 is 9.62 Å². The number of carbonyl (C=O) groups excluding carboxylic acids is 1. The third kappa shape index (κ3) is 3.88. The Balaban J connectivity index is 1.47. The van der Waals surface area contributed by atoms with Gasteiger partial charge in [0, 0.05) is 30.2 Å². The number of rotatable bonds is 5. The predicted octanol–water partition coefficient (Wildman–Crippen LogP) is 2.69. The largest absolute Gasteiger partial charge is 0.346 e. The van der Waals surface area contributed by atoms with Crippen LogP contribution >= 0.6 is 0 Å². The third-order valence-corrected chi connectivity index (χ3v) is 6.32. The van der Waals surface area contributed by atoms with Crippen LogP contribution in [0.1, 0.15) is 34.5 Å².